The zero-order valence-electron chi connectivity index (χ0n) is 14.4. The fourth-order valence-electron chi connectivity index (χ4n) is 3.31. The number of H-pyrrole nitrogens is 1. The molecule has 0 aliphatic heterocycles. The molecule has 25 heavy (non-hydrogen) atoms. The molecule has 1 aromatic heterocycles. The van der Waals surface area contributed by atoms with Crippen molar-refractivity contribution in [2.75, 3.05) is 0 Å². The minimum atomic E-state index is -0.976. The maximum Gasteiger partial charge on any atom is 0.320 e. The Kier molecular flexibility index (Phi) is 5.88. The third kappa shape index (κ3) is 4.21. The molecular weight excluding hydrogens is 336 g/mol. The van der Waals surface area contributed by atoms with Gasteiger partial charge in [0.25, 0.3) is 0 Å². The number of nitrogens with two attached hydrogens (primary N) is 1. The zero-order chi connectivity index (χ0) is 17.3. The summed E-state index contributed by atoms with van der Waals surface area (Å²) >= 11 is 0. The molecule has 0 spiro atoms. The molecule has 0 saturated heterocycles. The van der Waals surface area contributed by atoms with Crippen LogP contribution in [0.4, 0.5) is 0 Å². The number of fused-ring (bicyclic) bond motifs is 1. The Morgan fingerprint density at radius 1 is 1.16 bits per heavy atom. The molecule has 4 N–H and O–H groups in total. The molecule has 1 unspecified atom stereocenters. The quantitative estimate of drug-likeness (QED) is 0.649. The molecule has 3 rings (SSSR count). The third-order valence-corrected chi connectivity index (χ3v) is 4.32. The molecule has 0 fully saturated rings. The predicted octanol–water partition coefficient (Wildman–Crippen LogP) is 3.75. The maximum absolute atomic E-state index is 11.0. The average molecular weight is 359 g/mol. The van der Waals surface area contributed by atoms with E-state index in [9.17, 15) is 4.79 Å². The van der Waals surface area contributed by atoms with Gasteiger partial charge in [0.1, 0.15) is 6.04 Å². The van der Waals surface area contributed by atoms with Gasteiger partial charge in [0.15, 0.2) is 0 Å². The normalized spacial score (nSPS) is 12.0. The van der Waals surface area contributed by atoms with Crippen LogP contribution in [0.5, 0.6) is 0 Å². The van der Waals surface area contributed by atoms with Crippen LogP contribution < -0.4 is 5.73 Å². The first kappa shape index (κ1) is 19.0. The van der Waals surface area contributed by atoms with Crippen LogP contribution in [0.3, 0.4) is 0 Å². The number of benzene rings is 2. The Morgan fingerprint density at radius 3 is 2.48 bits per heavy atom. The molecule has 0 aliphatic rings. The highest BCUT2D eigenvalue weighted by atomic mass is 35.5. The molecule has 0 saturated carbocycles. The number of aliphatic carboxylic acids is 1. The third-order valence-electron chi connectivity index (χ3n) is 4.32. The van der Waals surface area contributed by atoms with Crippen molar-refractivity contribution in [2.45, 2.75) is 32.7 Å². The fourth-order valence-corrected chi connectivity index (χ4v) is 3.31. The van der Waals surface area contributed by atoms with Crippen molar-refractivity contribution >= 4 is 29.3 Å². The van der Waals surface area contributed by atoms with Gasteiger partial charge in [0.05, 0.1) is 0 Å². The van der Waals surface area contributed by atoms with Crippen molar-refractivity contribution in [3.63, 3.8) is 0 Å². The lowest BCUT2D eigenvalue weighted by Crippen LogP contribution is -2.32. The number of aryl methyl sites for hydroxylation is 2. The van der Waals surface area contributed by atoms with E-state index < -0.39 is 12.0 Å². The van der Waals surface area contributed by atoms with Crippen LogP contribution >= 0.6 is 12.4 Å². The smallest absolute Gasteiger partial charge is 0.320 e. The van der Waals surface area contributed by atoms with Gasteiger partial charge in [-0.1, -0.05) is 47.5 Å². The monoisotopic (exact) mass is 358 g/mol. The summed E-state index contributed by atoms with van der Waals surface area (Å²) in [7, 11) is 0. The van der Waals surface area contributed by atoms with E-state index in [-0.39, 0.29) is 12.4 Å². The van der Waals surface area contributed by atoms with Crippen LogP contribution in [-0.2, 0) is 17.6 Å². The van der Waals surface area contributed by atoms with Gasteiger partial charge in [0.2, 0.25) is 0 Å². The van der Waals surface area contributed by atoms with Gasteiger partial charge < -0.3 is 15.8 Å². The molecule has 5 heteroatoms. The van der Waals surface area contributed by atoms with Crippen molar-refractivity contribution in [1.82, 2.24) is 4.98 Å². The van der Waals surface area contributed by atoms with Crippen LogP contribution in [0, 0.1) is 13.8 Å². The van der Waals surface area contributed by atoms with Gasteiger partial charge in [-0.25, -0.2) is 0 Å². The summed E-state index contributed by atoms with van der Waals surface area (Å²) in [4.78, 5) is 14.3. The number of carboxylic acid groups (broad SMARTS) is 1. The lowest BCUT2D eigenvalue weighted by Gasteiger charge is -2.08. The molecule has 0 bridgehead atoms. The number of aromatic amines is 1. The Labute approximate surface area is 153 Å². The summed E-state index contributed by atoms with van der Waals surface area (Å²) in [6.45, 7) is 4.22. The average Bonchev–Trinajstić information content (AvgIpc) is 2.90. The molecule has 4 nitrogen and oxygen atoms in total. The van der Waals surface area contributed by atoms with Gasteiger partial charge in [-0.15, -0.1) is 12.4 Å². The van der Waals surface area contributed by atoms with E-state index >= 15 is 0 Å². The van der Waals surface area contributed by atoms with E-state index in [4.69, 9.17) is 10.8 Å². The van der Waals surface area contributed by atoms with Crippen LogP contribution in [0.2, 0.25) is 0 Å². The lowest BCUT2D eigenvalue weighted by atomic mass is 9.98. The van der Waals surface area contributed by atoms with Crippen LogP contribution in [0.15, 0.2) is 42.6 Å². The number of hydrogen-bond acceptors (Lipinski definition) is 2. The van der Waals surface area contributed by atoms with Crippen LogP contribution in [0.25, 0.3) is 10.9 Å². The summed E-state index contributed by atoms with van der Waals surface area (Å²) < 4.78 is 0. The number of carboxylic acids is 1. The van der Waals surface area contributed by atoms with Gasteiger partial charge in [0, 0.05) is 23.5 Å². The highest BCUT2D eigenvalue weighted by Gasteiger charge is 2.15. The molecule has 0 radical (unpaired) electrons. The van der Waals surface area contributed by atoms with Gasteiger partial charge in [-0.05, 0) is 37.0 Å². The van der Waals surface area contributed by atoms with E-state index in [2.05, 4.69) is 43.1 Å². The second kappa shape index (κ2) is 7.72. The highest BCUT2D eigenvalue weighted by Crippen LogP contribution is 2.25. The Morgan fingerprint density at radius 2 is 1.84 bits per heavy atom. The topological polar surface area (TPSA) is 79.1 Å². The summed E-state index contributed by atoms with van der Waals surface area (Å²) in [5.41, 5.74) is 12.7. The van der Waals surface area contributed by atoms with Gasteiger partial charge in [-0.3, -0.25) is 4.79 Å². The maximum atomic E-state index is 11.0. The number of halogens is 1. The Bertz CT molecular complexity index is 882. The van der Waals surface area contributed by atoms with Crippen molar-refractivity contribution in [3.8, 4) is 0 Å². The SMILES string of the molecule is Cc1cc(C)cc(Cc2cccc3c(CC(N)C(=O)O)c[nH]c23)c1.Cl. The van der Waals surface area contributed by atoms with E-state index in [1.165, 1.54) is 22.3 Å². The highest BCUT2D eigenvalue weighted by molar-refractivity contribution is 5.87. The van der Waals surface area contributed by atoms with E-state index in [0.29, 0.717) is 6.42 Å². The van der Waals surface area contributed by atoms with Gasteiger partial charge >= 0.3 is 5.97 Å². The summed E-state index contributed by atoms with van der Waals surface area (Å²) in [5, 5.41) is 10.1. The first-order valence-corrected chi connectivity index (χ1v) is 8.07. The lowest BCUT2D eigenvalue weighted by molar-refractivity contribution is -0.138. The van der Waals surface area contributed by atoms with Crippen molar-refractivity contribution in [1.29, 1.82) is 0 Å². The molecule has 132 valence electrons. The molecule has 0 amide bonds. The predicted molar refractivity (Wildman–Crippen MR) is 104 cm³/mol. The molecule has 3 aromatic rings. The molecule has 2 aromatic carbocycles. The summed E-state index contributed by atoms with van der Waals surface area (Å²) in [6, 6.07) is 11.8. The Hall–Kier alpha value is -2.30. The Balaban J connectivity index is 0.00000225. The van der Waals surface area contributed by atoms with Crippen LogP contribution in [0.1, 0.15) is 27.8 Å². The van der Waals surface area contributed by atoms with E-state index in [1.807, 2.05) is 18.3 Å². The number of aromatic nitrogens is 1. The number of hydrogen-bond donors (Lipinski definition) is 3. The van der Waals surface area contributed by atoms with Gasteiger partial charge in [-0.2, -0.15) is 0 Å². The van der Waals surface area contributed by atoms with E-state index in [0.717, 1.165) is 22.9 Å². The first-order chi connectivity index (χ1) is 11.4. The number of para-hydroxylation sites is 1. The summed E-state index contributed by atoms with van der Waals surface area (Å²) in [5.74, 6) is -0.976. The minimum Gasteiger partial charge on any atom is -0.480 e. The fraction of sp³-hybridized carbons (Fsp3) is 0.250. The largest absolute Gasteiger partial charge is 0.480 e. The van der Waals surface area contributed by atoms with Crippen LogP contribution in [-0.4, -0.2) is 22.1 Å². The minimum absolute atomic E-state index is 0. The standard InChI is InChI=1S/C20H22N2O2.ClH/c1-12-6-13(2)8-14(7-12)9-15-4-3-5-17-16(11-22-19(15)17)10-18(21)20(23)24;/h3-8,11,18,22H,9-10,21H2,1-2H3,(H,23,24);1H. The summed E-state index contributed by atoms with van der Waals surface area (Å²) in [6.07, 6.45) is 3.03. The van der Waals surface area contributed by atoms with E-state index in [1.54, 1.807) is 0 Å². The molecule has 1 heterocycles. The molecule has 0 aliphatic carbocycles. The van der Waals surface area contributed by atoms with Crippen molar-refractivity contribution < 1.29 is 9.90 Å². The molecular formula is C20H23ClN2O2. The number of nitrogens with one attached hydrogen (secondary N) is 1. The number of carbonyl (C=O) groups is 1. The first-order valence-electron chi connectivity index (χ1n) is 8.07. The number of rotatable bonds is 5. The van der Waals surface area contributed by atoms with Crippen molar-refractivity contribution in [2.24, 2.45) is 5.73 Å². The second-order valence-corrected chi connectivity index (χ2v) is 6.48. The van der Waals surface area contributed by atoms with Crippen molar-refractivity contribution in [3.05, 3.63) is 70.4 Å². The second-order valence-electron chi connectivity index (χ2n) is 6.48. The zero-order valence-corrected chi connectivity index (χ0v) is 15.2. The molecule has 1 atom stereocenters.